The van der Waals surface area contributed by atoms with E-state index in [2.05, 4.69) is 50.4 Å². The first kappa shape index (κ1) is 25.1. The first-order chi connectivity index (χ1) is 13.2. The van der Waals surface area contributed by atoms with Crippen LogP contribution in [0, 0.1) is 5.92 Å². The fourth-order valence-electron chi connectivity index (χ4n) is 3.45. The number of carbonyl (C=O) groups excluding carboxylic acids is 1. The van der Waals surface area contributed by atoms with E-state index in [1.807, 2.05) is 18.3 Å². The minimum Gasteiger partial charge on any atom is -0.383 e. The van der Waals surface area contributed by atoms with Crippen LogP contribution in [0.4, 0.5) is 0 Å². The molecule has 2 atom stereocenters. The molecule has 1 amide bonds. The van der Waals surface area contributed by atoms with Gasteiger partial charge in [-0.15, -0.1) is 35.3 Å². The summed E-state index contributed by atoms with van der Waals surface area (Å²) in [6.45, 7) is 5.88. The van der Waals surface area contributed by atoms with Crippen LogP contribution in [0.2, 0.25) is 0 Å². The van der Waals surface area contributed by atoms with Crippen LogP contribution < -0.4 is 16.0 Å². The summed E-state index contributed by atoms with van der Waals surface area (Å²) < 4.78 is 4.93. The second kappa shape index (κ2) is 14.1. The average molecular weight is 523 g/mol. The molecule has 0 radical (unpaired) electrons. The number of likely N-dealkylation sites (tertiary alicyclic amines) is 1. The van der Waals surface area contributed by atoms with Crippen molar-refractivity contribution < 1.29 is 9.53 Å². The van der Waals surface area contributed by atoms with Gasteiger partial charge in [0.05, 0.1) is 6.61 Å². The molecule has 0 saturated carbocycles. The maximum absolute atomic E-state index is 11.8. The van der Waals surface area contributed by atoms with Gasteiger partial charge < -0.3 is 20.7 Å². The van der Waals surface area contributed by atoms with Crippen LogP contribution in [0.1, 0.15) is 30.7 Å². The summed E-state index contributed by atoms with van der Waals surface area (Å²) in [5.41, 5.74) is 0. The van der Waals surface area contributed by atoms with Crippen molar-refractivity contribution in [1.82, 2.24) is 20.9 Å². The largest absolute Gasteiger partial charge is 0.383 e. The number of thiophene rings is 1. The summed E-state index contributed by atoms with van der Waals surface area (Å²) in [7, 11) is 3.82. The van der Waals surface area contributed by atoms with Crippen molar-refractivity contribution in [2.45, 2.75) is 25.8 Å². The molecule has 28 heavy (non-hydrogen) atoms. The number of hydrogen-bond donors (Lipinski definition) is 3. The van der Waals surface area contributed by atoms with E-state index in [9.17, 15) is 4.79 Å². The van der Waals surface area contributed by atoms with Gasteiger partial charge in [0.15, 0.2) is 5.96 Å². The number of amides is 1. The first-order valence-electron chi connectivity index (χ1n) is 9.67. The smallest absolute Gasteiger partial charge is 0.241 e. The second-order valence-electron chi connectivity index (χ2n) is 6.76. The van der Waals surface area contributed by atoms with Gasteiger partial charge in [0.2, 0.25) is 5.91 Å². The molecule has 0 aromatic carbocycles. The molecule has 2 unspecified atom stereocenters. The minimum atomic E-state index is -0.0990. The molecule has 1 aromatic rings. The number of nitrogens with one attached hydrogen (secondary N) is 3. The Morgan fingerprint density at radius 1 is 1.39 bits per heavy atom. The number of nitrogens with zero attached hydrogens (tertiary/aromatic N) is 2. The summed E-state index contributed by atoms with van der Waals surface area (Å²) in [6, 6.07) is 4.79. The zero-order valence-electron chi connectivity index (χ0n) is 17.1. The van der Waals surface area contributed by atoms with Crippen molar-refractivity contribution in [3.8, 4) is 0 Å². The number of piperidine rings is 1. The number of carbonyl (C=O) groups is 1. The quantitative estimate of drug-likeness (QED) is 0.200. The maximum Gasteiger partial charge on any atom is 0.241 e. The van der Waals surface area contributed by atoms with Crippen molar-refractivity contribution in [1.29, 1.82) is 0 Å². The minimum absolute atomic E-state index is 0. The SMILES string of the molecule is CCNC(=NCC(=O)NCCOC)NCC1CCCN(C)C1c1cccs1.I. The molecule has 0 spiro atoms. The Hall–Kier alpha value is -0.910. The maximum atomic E-state index is 11.8. The highest BCUT2D eigenvalue weighted by molar-refractivity contribution is 14.0. The van der Waals surface area contributed by atoms with E-state index in [-0.39, 0.29) is 36.4 Å². The Labute approximate surface area is 189 Å². The van der Waals surface area contributed by atoms with E-state index in [1.165, 1.54) is 17.7 Å². The molecule has 3 N–H and O–H groups in total. The lowest BCUT2D eigenvalue weighted by Crippen LogP contribution is -2.45. The number of aliphatic imine (C=N–C) groups is 1. The Balaban J connectivity index is 0.00000392. The molecule has 0 bridgehead atoms. The van der Waals surface area contributed by atoms with E-state index < -0.39 is 0 Å². The van der Waals surface area contributed by atoms with Crippen molar-refractivity contribution in [2.24, 2.45) is 10.9 Å². The standard InChI is InChI=1S/C19H33N5O2S.HI/c1-4-20-19(23-14-17(25)21-9-11-26-3)22-13-15-7-5-10-24(2)18(15)16-8-6-12-27-16;/h6,8,12,15,18H,4-5,7,9-11,13-14H2,1-3H3,(H,21,25)(H2,20,22,23);1H. The lowest BCUT2D eigenvalue weighted by molar-refractivity contribution is -0.119. The van der Waals surface area contributed by atoms with Crippen LogP contribution in [0.25, 0.3) is 0 Å². The normalized spacial score (nSPS) is 20.3. The van der Waals surface area contributed by atoms with Gasteiger partial charge in [0.25, 0.3) is 0 Å². The van der Waals surface area contributed by atoms with E-state index in [1.54, 1.807) is 7.11 Å². The third-order valence-corrected chi connectivity index (χ3v) is 5.67. The predicted octanol–water partition coefficient (Wildman–Crippen LogP) is 2.07. The Bertz CT molecular complexity index is 585. The van der Waals surface area contributed by atoms with Crippen LogP contribution >= 0.6 is 35.3 Å². The third-order valence-electron chi connectivity index (χ3n) is 4.73. The van der Waals surface area contributed by atoms with Crippen LogP contribution in [0.3, 0.4) is 0 Å². The van der Waals surface area contributed by atoms with E-state index >= 15 is 0 Å². The van der Waals surface area contributed by atoms with Crippen molar-refractivity contribution >= 4 is 47.2 Å². The summed E-state index contributed by atoms with van der Waals surface area (Å²) >= 11 is 1.83. The molecule has 0 aliphatic carbocycles. The van der Waals surface area contributed by atoms with E-state index in [4.69, 9.17) is 4.74 Å². The number of guanidine groups is 1. The highest BCUT2D eigenvalue weighted by atomic mass is 127. The molecule has 1 aliphatic rings. The number of halogens is 1. The molecule has 1 aromatic heterocycles. The molecule has 2 heterocycles. The summed E-state index contributed by atoms with van der Waals surface area (Å²) in [6.07, 6.45) is 2.40. The van der Waals surface area contributed by atoms with Gasteiger partial charge in [-0.05, 0) is 50.7 Å². The van der Waals surface area contributed by atoms with Gasteiger partial charge in [0.1, 0.15) is 6.54 Å². The van der Waals surface area contributed by atoms with Crippen LogP contribution in [0.15, 0.2) is 22.5 Å². The number of hydrogen-bond acceptors (Lipinski definition) is 5. The fourth-order valence-corrected chi connectivity index (χ4v) is 4.43. The molecule has 7 nitrogen and oxygen atoms in total. The first-order valence-corrected chi connectivity index (χ1v) is 10.5. The number of methoxy groups -OCH3 is 1. The summed E-state index contributed by atoms with van der Waals surface area (Å²) in [5.74, 6) is 1.11. The van der Waals surface area contributed by atoms with Gasteiger partial charge in [-0.25, -0.2) is 4.99 Å². The zero-order valence-corrected chi connectivity index (χ0v) is 20.2. The molecule has 9 heteroatoms. The Morgan fingerprint density at radius 3 is 2.89 bits per heavy atom. The fraction of sp³-hybridized carbons (Fsp3) is 0.684. The molecular weight excluding hydrogens is 489 g/mol. The highest BCUT2D eigenvalue weighted by Crippen LogP contribution is 2.36. The third kappa shape index (κ3) is 8.22. The topological polar surface area (TPSA) is 78.0 Å². The number of ether oxygens (including phenoxy) is 1. The summed E-state index contributed by atoms with van der Waals surface area (Å²) in [4.78, 5) is 20.1. The van der Waals surface area contributed by atoms with E-state index in [0.717, 1.165) is 19.6 Å². The monoisotopic (exact) mass is 523 g/mol. The molecular formula is C19H34IN5O2S. The lowest BCUT2D eigenvalue weighted by Gasteiger charge is -2.39. The molecule has 1 fully saturated rings. The second-order valence-corrected chi connectivity index (χ2v) is 7.74. The van der Waals surface area contributed by atoms with Gasteiger partial charge in [0, 0.05) is 37.7 Å². The van der Waals surface area contributed by atoms with E-state index in [0.29, 0.717) is 31.1 Å². The molecule has 2 rings (SSSR count). The van der Waals surface area contributed by atoms with Gasteiger partial charge in [-0.2, -0.15) is 0 Å². The van der Waals surface area contributed by atoms with Crippen LogP contribution in [0.5, 0.6) is 0 Å². The summed E-state index contributed by atoms with van der Waals surface area (Å²) in [5, 5.41) is 11.6. The molecule has 1 aliphatic heterocycles. The molecule has 160 valence electrons. The highest BCUT2D eigenvalue weighted by Gasteiger charge is 2.31. The van der Waals surface area contributed by atoms with Crippen molar-refractivity contribution in [3.63, 3.8) is 0 Å². The van der Waals surface area contributed by atoms with Crippen LogP contribution in [-0.2, 0) is 9.53 Å². The van der Waals surface area contributed by atoms with Crippen molar-refractivity contribution in [3.05, 3.63) is 22.4 Å². The Kier molecular flexibility index (Phi) is 12.7. The molecule has 1 saturated heterocycles. The van der Waals surface area contributed by atoms with Crippen molar-refractivity contribution in [2.75, 3.05) is 53.5 Å². The Morgan fingerprint density at radius 2 is 2.21 bits per heavy atom. The van der Waals surface area contributed by atoms with Gasteiger partial charge in [-0.3, -0.25) is 9.69 Å². The predicted molar refractivity (Wildman–Crippen MR) is 127 cm³/mol. The van der Waals surface area contributed by atoms with Crippen LogP contribution in [-0.4, -0.2) is 70.3 Å². The lowest BCUT2D eigenvalue weighted by atomic mass is 9.88. The average Bonchev–Trinajstić information content (AvgIpc) is 3.18. The number of rotatable bonds is 9. The van der Waals surface area contributed by atoms with Gasteiger partial charge >= 0.3 is 0 Å². The van der Waals surface area contributed by atoms with Gasteiger partial charge in [-0.1, -0.05) is 6.07 Å². The zero-order chi connectivity index (χ0) is 19.5.